The van der Waals surface area contributed by atoms with Crippen molar-refractivity contribution >= 4 is 16.7 Å². The van der Waals surface area contributed by atoms with E-state index in [4.69, 9.17) is 4.42 Å². The molecule has 0 amide bonds. The molecule has 0 aliphatic heterocycles. The van der Waals surface area contributed by atoms with E-state index in [1.165, 1.54) is 11.6 Å². The third-order valence-corrected chi connectivity index (χ3v) is 2.96. The first kappa shape index (κ1) is 11.5. The average Bonchev–Trinajstić information content (AvgIpc) is 2.46. The zero-order chi connectivity index (χ0) is 13.1. The van der Waals surface area contributed by atoms with Crippen molar-refractivity contribution in [2.24, 2.45) is 0 Å². The van der Waals surface area contributed by atoms with Gasteiger partial charge >= 0.3 is 5.63 Å². The summed E-state index contributed by atoms with van der Waals surface area (Å²) in [5.74, 6) is 0. The van der Waals surface area contributed by atoms with E-state index in [0.29, 0.717) is 5.58 Å². The van der Waals surface area contributed by atoms with E-state index in [9.17, 15) is 4.79 Å². The van der Waals surface area contributed by atoms with Crippen LogP contribution in [0.1, 0.15) is 5.56 Å². The van der Waals surface area contributed by atoms with E-state index in [1.807, 2.05) is 36.4 Å². The van der Waals surface area contributed by atoms with Gasteiger partial charge in [-0.25, -0.2) is 4.79 Å². The maximum Gasteiger partial charge on any atom is 0.336 e. The highest BCUT2D eigenvalue weighted by Gasteiger charge is 1.99. The van der Waals surface area contributed by atoms with Gasteiger partial charge in [-0.05, 0) is 29.8 Å². The molecule has 0 unspecified atom stereocenters. The molecule has 3 nitrogen and oxygen atoms in total. The molecular formula is C16H13NO2. The van der Waals surface area contributed by atoms with E-state index >= 15 is 0 Å². The number of fused-ring (bicyclic) bond motifs is 1. The fraction of sp³-hybridized carbons (Fsp3) is 0.0625. The van der Waals surface area contributed by atoms with Crippen LogP contribution in [0.15, 0.2) is 69.9 Å². The van der Waals surface area contributed by atoms with Crippen LogP contribution < -0.4 is 10.9 Å². The fourth-order valence-corrected chi connectivity index (χ4v) is 1.98. The Morgan fingerprint density at radius 3 is 2.63 bits per heavy atom. The standard InChI is InChI=1S/C16H13NO2/c18-16-9-6-13-10-14(7-8-15(13)19-16)17-11-12-4-2-1-3-5-12/h1-10,17H,11H2. The predicted molar refractivity (Wildman–Crippen MR) is 76.3 cm³/mol. The van der Waals surface area contributed by atoms with Gasteiger partial charge in [0, 0.05) is 23.7 Å². The SMILES string of the molecule is O=c1ccc2cc(NCc3ccccc3)ccc2o1. The molecule has 19 heavy (non-hydrogen) atoms. The first-order valence-electron chi connectivity index (χ1n) is 6.13. The van der Waals surface area contributed by atoms with Gasteiger partial charge in [-0.3, -0.25) is 0 Å². The lowest BCUT2D eigenvalue weighted by molar-refractivity contribution is 0.561. The van der Waals surface area contributed by atoms with Crippen LogP contribution in [-0.2, 0) is 6.54 Å². The molecule has 3 heteroatoms. The highest BCUT2D eigenvalue weighted by molar-refractivity contribution is 5.80. The minimum absolute atomic E-state index is 0.322. The van der Waals surface area contributed by atoms with Gasteiger partial charge in [0.15, 0.2) is 0 Å². The molecule has 3 aromatic rings. The van der Waals surface area contributed by atoms with Crippen LogP contribution in [0.3, 0.4) is 0 Å². The van der Waals surface area contributed by atoms with E-state index in [-0.39, 0.29) is 5.63 Å². The predicted octanol–water partition coefficient (Wildman–Crippen LogP) is 3.41. The molecule has 0 bridgehead atoms. The van der Waals surface area contributed by atoms with Gasteiger partial charge in [0.2, 0.25) is 0 Å². The summed E-state index contributed by atoms with van der Waals surface area (Å²) >= 11 is 0. The van der Waals surface area contributed by atoms with Crippen molar-refractivity contribution in [2.45, 2.75) is 6.54 Å². The minimum Gasteiger partial charge on any atom is -0.423 e. The summed E-state index contributed by atoms with van der Waals surface area (Å²) in [5, 5.41) is 4.26. The quantitative estimate of drug-likeness (QED) is 0.725. The second kappa shape index (κ2) is 4.98. The van der Waals surface area contributed by atoms with Crippen molar-refractivity contribution in [1.29, 1.82) is 0 Å². The number of hydrogen-bond donors (Lipinski definition) is 1. The van der Waals surface area contributed by atoms with Gasteiger partial charge in [0.25, 0.3) is 0 Å². The van der Waals surface area contributed by atoms with Crippen molar-refractivity contribution in [3.05, 3.63) is 76.6 Å². The largest absolute Gasteiger partial charge is 0.423 e. The molecule has 0 atom stereocenters. The third-order valence-electron chi connectivity index (χ3n) is 2.96. The van der Waals surface area contributed by atoms with E-state index < -0.39 is 0 Å². The second-order valence-electron chi connectivity index (χ2n) is 4.35. The number of nitrogens with one attached hydrogen (secondary N) is 1. The Morgan fingerprint density at radius 1 is 0.947 bits per heavy atom. The number of anilines is 1. The number of rotatable bonds is 3. The first-order chi connectivity index (χ1) is 9.31. The van der Waals surface area contributed by atoms with Gasteiger partial charge < -0.3 is 9.73 Å². The molecule has 0 radical (unpaired) electrons. The second-order valence-corrected chi connectivity index (χ2v) is 4.35. The smallest absolute Gasteiger partial charge is 0.336 e. The zero-order valence-electron chi connectivity index (χ0n) is 10.3. The van der Waals surface area contributed by atoms with Crippen molar-refractivity contribution in [1.82, 2.24) is 0 Å². The lowest BCUT2D eigenvalue weighted by Crippen LogP contribution is -1.99. The summed E-state index contributed by atoms with van der Waals surface area (Å²) < 4.78 is 5.10. The lowest BCUT2D eigenvalue weighted by atomic mass is 10.2. The van der Waals surface area contributed by atoms with Crippen LogP contribution >= 0.6 is 0 Å². The Labute approximate surface area is 110 Å². The maximum absolute atomic E-state index is 11.1. The third kappa shape index (κ3) is 2.65. The Balaban J connectivity index is 1.82. The van der Waals surface area contributed by atoms with Crippen molar-refractivity contribution in [3.63, 3.8) is 0 Å². The molecule has 0 aliphatic rings. The van der Waals surface area contributed by atoms with Gasteiger partial charge in [0.1, 0.15) is 5.58 Å². The summed E-state index contributed by atoms with van der Waals surface area (Å²) in [4.78, 5) is 11.1. The molecule has 3 rings (SSSR count). The lowest BCUT2D eigenvalue weighted by Gasteiger charge is -2.07. The zero-order valence-corrected chi connectivity index (χ0v) is 10.3. The molecule has 0 fully saturated rings. The molecular weight excluding hydrogens is 238 g/mol. The minimum atomic E-state index is -0.322. The van der Waals surface area contributed by atoms with Crippen molar-refractivity contribution < 1.29 is 4.42 Å². The van der Waals surface area contributed by atoms with Crippen LogP contribution in [0.2, 0.25) is 0 Å². The molecule has 1 heterocycles. The first-order valence-corrected chi connectivity index (χ1v) is 6.13. The summed E-state index contributed by atoms with van der Waals surface area (Å²) in [5.41, 5.74) is 2.52. The Morgan fingerprint density at radius 2 is 1.79 bits per heavy atom. The highest BCUT2D eigenvalue weighted by atomic mass is 16.4. The highest BCUT2D eigenvalue weighted by Crippen LogP contribution is 2.18. The van der Waals surface area contributed by atoms with Crippen LogP contribution in [0, 0.1) is 0 Å². The van der Waals surface area contributed by atoms with E-state index in [0.717, 1.165) is 17.6 Å². The Bertz CT molecular complexity index is 747. The van der Waals surface area contributed by atoms with Crippen LogP contribution in [0.5, 0.6) is 0 Å². The van der Waals surface area contributed by atoms with Gasteiger partial charge in [-0.1, -0.05) is 30.3 Å². The van der Waals surface area contributed by atoms with Crippen molar-refractivity contribution in [3.8, 4) is 0 Å². The summed E-state index contributed by atoms with van der Waals surface area (Å²) in [6.45, 7) is 0.767. The topological polar surface area (TPSA) is 42.2 Å². The number of benzene rings is 2. The van der Waals surface area contributed by atoms with Gasteiger partial charge in [0.05, 0.1) is 0 Å². The Kier molecular flexibility index (Phi) is 3.02. The van der Waals surface area contributed by atoms with E-state index in [2.05, 4.69) is 17.4 Å². The summed E-state index contributed by atoms with van der Waals surface area (Å²) in [7, 11) is 0. The molecule has 1 N–H and O–H groups in total. The molecule has 1 aromatic heterocycles. The van der Waals surface area contributed by atoms with Crippen LogP contribution in [0.4, 0.5) is 5.69 Å². The fourth-order valence-electron chi connectivity index (χ4n) is 1.98. The molecule has 94 valence electrons. The maximum atomic E-state index is 11.1. The summed E-state index contributed by atoms with van der Waals surface area (Å²) in [6.07, 6.45) is 0. The molecule has 0 aliphatic carbocycles. The average molecular weight is 251 g/mol. The van der Waals surface area contributed by atoms with Crippen LogP contribution in [0.25, 0.3) is 11.0 Å². The van der Waals surface area contributed by atoms with Crippen LogP contribution in [-0.4, -0.2) is 0 Å². The molecule has 0 saturated carbocycles. The normalized spacial score (nSPS) is 10.5. The Hall–Kier alpha value is -2.55. The number of hydrogen-bond acceptors (Lipinski definition) is 3. The molecule has 0 spiro atoms. The molecule has 0 saturated heterocycles. The van der Waals surface area contributed by atoms with E-state index in [1.54, 1.807) is 6.07 Å². The van der Waals surface area contributed by atoms with Gasteiger partial charge in [-0.2, -0.15) is 0 Å². The van der Waals surface area contributed by atoms with Crippen molar-refractivity contribution in [2.75, 3.05) is 5.32 Å². The molecule has 2 aromatic carbocycles. The monoisotopic (exact) mass is 251 g/mol. The van der Waals surface area contributed by atoms with Gasteiger partial charge in [-0.15, -0.1) is 0 Å². The summed E-state index contributed by atoms with van der Waals surface area (Å²) in [6, 6.07) is 19.1.